The number of hydrogen-bond acceptors (Lipinski definition) is 3. The molecule has 0 spiro atoms. The van der Waals surface area contributed by atoms with E-state index in [-0.39, 0.29) is 5.25 Å². The van der Waals surface area contributed by atoms with Gasteiger partial charge in [0, 0.05) is 0 Å². The van der Waals surface area contributed by atoms with Crippen LogP contribution in [0.3, 0.4) is 0 Å². The monoisotopic (exact) mass is 249 g/mol. The molecule has 0 amide bonds. The van der Waals surface area contributed by atoms with Crippen molar-refractivity contribution in [3.8, 4) is 0 Å². The fourth-order valence-corrected chi connectivity index (χ4v) is 2.92. The third-order valence-corrected chi connectivity index (χ3v) is 5.19. The summed E-state index contributed by atoms with van der Waals surface area (Å²) in [5.41, 5.74) is 0. The summed E-state index contributed by atoms with van der Waals surface area (Å²) >= 11 is 0. The van der Waals surface area contributed by atoms with Crippen molar-refractivity contribution in [2.45, 2.75) is 52.2 Å². The van der Waals surface area contributed by atoms with Crippen molar-refractivity contribution in [2.24, 2.45) is 5.92 Å². The summed E-state index contributed by atoms with van der Waals surface area (Å²) in [6, 6.07) is 0. The average Bonchev–Trinajstić information content (AvgIpc) is 2.21. The van der Waals surface area contributed by atoms with Gasteiger partial charge in [-0.1, -0.05) is 20.8 Å². The van der Waals surface area contributed by atoms with Crippen molar-refractivity contribution >= 4 is 9.84 Å². The number of rotatable bonds is 9. The number of sulfone groups is 1. The van der Waals surface area contributed by atoms with Crippen LogP contribution in [-0.2, 0) is 9.84 Å². The molecule has 0 heterocycles. The maximum atomic E-state index is 11.7. The molecule has 98 valence electrons. The van der Waals surface area contributed by atoms with E-state index in [1.54, 1.807) is 6.92 Å². The standard InChI is InChI=1S/C12H27NO2S/c1-5-12(4)16(14,15)9-7-6-8-13-10-11(2)3/h11-13H,5-10H2,1-4H3. The first kappa shape index (κ1) is 15.9. The molecule has 4 heteroatoms. The molecule has 0 aromatic heterocycles. The summed E-state index contributed by atoms with van der Waals surface area (Å²) in [6.45, 7) is 9.99. The van der Waals surface area contributed by atoms with Crippen LogP contribution in [-0.4, -0.2) is 32.5 Å². The van der Waals surface area contributed by atoms with Crippen molar-refractivity contribution in [2.75, 3.05) is 18.8 Å². The molecule has 0 aromatic rings. The van der Waals surface area contributed by atoms with Crippen LogP contribution in [0.1, 0.15) is 47.0 Å². The predicted octanol–water partition coefficient (Wildman–Crippen LogP) is 2.23. The van der Waals surface area contributed by atoms with Gasteiger partial charge in [0.1, 0.15) is 0 Å². The first-order valence-corrected chi connectivity index (χ1v) is 8.04. The van der Waals surface area contributed by atoms with Gasteiger partial charge in [0.2, 0.25) is 0 Å². The smallest absolute Gasteiger partial charge is 0.152 e. The maximum Gasteiger partial charge on any atom is 0.152 e. The molecule has 0 aliphatic rings. The Kier molecular flexibility index (Phi) is 8.02. The fourth-order valence-electron chi connectivity index (χ4n) is 1.40. The zero-order valence-electron chi connectivity index (χ0n) is 11.1. The van der Waals surface area contributed by atoms with Gasteiger partial charge in [-0.25, -0.2) is 8.42 Å². The molecule has 0 fully saturated rings. The summed E-state index contributed by atoms with van der Waals surface area (Å²) in [7, 11) is -2.84. The van der Waals surface area contributed by atoms with Crippen LogP contribution in [0, 0.1) is 5.92 Å². The minimum atomic E-state index is -2.84. The van der Waals surface area contributed by atoms with E-state index in [0.717, 1.165) is 25.9 Å². The Hall–Kier alpha value is -0.0900. The van der Waals surface area contributed by atoms with Gasteiger partial charge >= 0.3 is 0 Å². The van der Waals surface area contributed by atoms with Crippen LogP contribution in [0.15, 0.2) is 0 Å². The Morgan fingerprint density at radius 1 is 1.12 bits per heavy atom. The highest BCUT2D eigenvalue weighted by molar-refractivity contribution is 7.91. The number of nitrogens with one attached hydrogen (secondary N) is 1. The van der Waals surface area contributed by atoms with Crippen LogP contribution in [0.5, 0.6) is 0 Å². The molecule has 1 atom stereocenters. The van der Waals surface area contributed by atoms with Crippen LogP contribution < -0.4 is 5.32 Å². The van der Waals surface area contributed by atoms with E-state index in [2.05, 4.69) is 19.2 Å². The van der Waals surface area contributed by atoms with E-state index in [4.69, 9.17) is 0 Å². The van der Waals surface area contributed by atoms with E-state index in [1.165, 1.54) is 0 Å². The number of unbranched alkanes of at least 4 members (excludes halogenated alkanes) is 1. The topological polar surface area (TPSA) is 46.2 Å². The lowest BCUT2D eigenvalue weighted by atomic mass is 10.2. The summed E-state index contributed by atoms with van der Waals surface area (Å²) in [5, 5.41) is 3.14. The Morgan fingerprint density at radius 3 is 2.25 bits per heavy atom. The van der Waals surface area contributed by atoms with E-state index in [9.17, 15) is 8.42 Å². The molecule has 1 unspecified atom stereocenters. The molecule has 0 radical (unpaired) electrons. The highest BCUT2D eigenvalue weighted by Crippen LogP contribution is 2.08. The van der Waals surface area contributed by atoms with E-state index in [1.807, 2.05) is 6.92 Å². The molecular formula is C12H27NO2S. The van der Waals surface area contributed by atoms with Crippen LogP contribution in [0.25, 0.3) is 0 Å². The van der Waals surface area contributed by atoms with Crippen LogP contribution >= 0.6 is 0 Å². The van der Waals surface area contributed by atoms with Gasteiger partial charge in [-0.3, -0.25) is 0 Å². The zero-order valence-corrected chi connectivity index (χ0v) is 11.9. The lowest BCUT2D eigenvalue weighted by Crippen LogP contribution is -2.23. The quantitative estimate of drug-likeness (QED) is 0.637. The van der Waals surface area contributed by atoms with Crippen molar-refractivity contribution in [1.82, 2.24) is 5.32 Å². The predicted molar refractivity (Wildman–Crippen MR) is 70.5 cm³/mol. The third kappa shape index (κ3) is 7.23. The summed E-state index contributed by atoms with van der Waals surface area (Å²) in [4.78, 5) is 0. The molecule has 1 N–H and O–H groups in total. The fraction of sp³-hybridized carbons (Fsp3) is 1.00. The molecule has 0 aliphatic carbocycles. The van der Waals surface area contributed by atoms with Gasteiger partial charge in [-0.05, 0) is 45.2 Å². The van der Waals surface area contributed by atoms with Gasteiger partial charge in [0.05, 0.1) is 11.0 Å². The SMILES string of the molecule is CCC(C)S(=O)(=O)CCCCNCC(C)C. The van der Waals surface area contributed by atoms with Gasteiger partial charge in [0.15, 0.2) is 9.84 Å². The maximum absolute atomic E-state index is 11.7. The van der Waals surface area contributed by atoms with E-state index in [0.29, 0.717) is 18.1 Å². The van der Waals surface area contributed by atoms with Gasteiger partial charge in [-0.15, -0.1) is 0 Å². The number of hydrogen-bond donors (Lipinski definition) is 1. The third-order valence-electron chi connectivity index (χ3n) is 2.77. The zero-order chi connectivity index (χ0) is 12.6. The summed E-state index contributed by atoms with van der Waals surface area (Å²) in [6.07, 6.45) is 2.44. The second kappa shape index (κ2) is 8.07. The highest BCUT2D eigenvalue weighted by atomic mass is 32.2. The van der Waals surface area contributed by atoms with E-state index < -0.39 is 9.84 Å². The largest absolute Gasteiger partial charge is 0.316 e. The van der Waals surface area contributed by atoms with Crippen molar-refractivity contribution in [3.05, 3.63) is 0 Å². The molecule has 0 saturated carbocycles. The first-order valence-electron chi connectivity index (χ1n) is 6.32. The van der Waals surface area contributed by atoms with Crippen LogP contribution in [0.2, 0.25) is 0 Å². The molecule has 0 aromatic carbocycles. The molecule has 0 saturated heterocycles. The summed E-state index contributed by atoms with van der Waals surface area (Å²) < 4.78 is 23.4. The van der Waals surface area contributed by atoms with Crippen molar-refractivity contribution in [3.63, 3.8) is 0 Å². The molecule has 0 bridgehead atoms. The molecule has 0 rings (SSSR count). The summed E-state index contributed by atoms with van der Waals surface area (Å²) in [5.74, 6) is 0.995. The molecule has 16 heavy (non-hydrogen) atoms. The van der Waals surface area contributed by atoms with Gasteiger partial charge in [-0.2, -0.15) is 0 Å². The van der Waals surface area contributed by atoms with Crippen LogP contribution in [0.4, 0.5) is 0 Å². The Labute approximate surface area is 101 Å². The molecule has 0 aliphatic heterocycles. The minimum absolute atomic E-state index is 0.184. The first-order chi connectivity index (χ1) is 7.40. The van der Waals surface area contributed by atoms with Gasteiger partial charge < -0.3 is 5.32 Å². The molecule has 3 nitrogen and oxygen atoms in total. The van der Waals surface area contributed by atoms with Crippen molar-refractivity contribution < 1.29 is 8.42 Å². The Balaban J connectivity index is 3.59. The minimum Gasteiger partial charge on any atom is -0.316 e. The average molecular weight is 249 g/mol. The lowest BCUT2D eigenvalue weighted by molar-refractivity contribution is 0.537. The Morgan fingerprint density at radius 2 is 1.75 bits per heavy atom. The van der Waals surface area contributed by atoms with Crippen molar-refractivity contribution in [1.29, 1.82) is 0 Å². The highest BCUT2D eigenvalue weighted by Gasteiger charge is 2.17. The van der Waals surface area contributed by atoms with E-state index >= 15 is 0 Å². The second-order valence-electron chi connectivity index (χ2n) is 4.89. The normalized spacial score (nSPS) is 14.3. The Bertz CT molecular complexity index is 260. The van der Waals surface area contributed by atoms with Gasteiger partial charge in [0.25, 0.3) is 0 Å². The second-order valence-corrected chi connectivity index (χ2v) is 7.43. The molecular weight excluding hydrogens is 222 g/mol. The lowest BCUT2D eigenvalue weighted by Gasteiger charge is -2.11.